The summed E-state index contributed by atoms with van der Waals surface area (Å²) in [6.07, 6.45) is 1.44. The lowest BCUT2D eigenvalue weighted by Crippen LogP contribution is -2.13. The number of nitrogens with one attached hydrogen (secondary N) is 2. The van der Waals surface area contributed by atoms with Crippen molar-refractivity contribution >= 4 is 22.8 Å². The van der Waals surface area contributed by atoms with Gasteiger partial charge in [0.2, 0.25) is 0 Å². The second kappa shape index (κ2) is 4.65. The second-order valence-corrected chi connectivity index (χ2v) is 4.40. The fraction of sp³-hybridized carbons (Fsp3) is 0.0714. The van der Waals surface area contributed by atoms with Crippen LogP contribution in [-0.4, -0.2) is 20.4 Å². The first-order chi connectivity index (χ1) is 9.65. The molecule has 3 rings (SSSR count). The zero-order valence-corrected chi connectivity index (χ0v) is 10.8. The van der Waals surface area contributed by atoms with Gasteiger partial charge in [0.05, 0.1) is 11.1 Å². The molecule has 0 aliphatic carbocycles. The number of nitrogens with zero attached hydrogens (tertiary/aromatic N) is 2. The van der Waals surface area contributed by atoms with Crippen molar-refractivity contribution in [1.29, 1.82) is 0 Å². The number of anilines is 1. The predicted octanol–water partition coefficient (Wildman–Crippen LogP) is 1.51. The van der Waals surface area contributed by atoms with E-state index in [0.717, 1.165) is 0 Å². The number of pyridine rings is 1. The summed E-state index contributed by atoms with van der Waals surface area (Å²) in [4.78, 5) is 30.3. The predicted molar refractivity (Wildman–Crippen MR) is 75.7 cm³/mol. The van der Waals surface area contributed by atoms with Gasteiger partial charge in [0.25, 0.3) is 5.91 Å². The average Bonchev–Trinajstić information content (AvgIpc) is 2.75. The highest BCUT2D eigenvalue weighted by Crippen LogP contribution is 2.12. The topological polar surface area (TPSA) is 79.8 Å². The van der Waals surface area contributed by atoms with Gasteiger partial charge in [-0.1, -0.05) is 18.2 Å². The van der Waals surface area contributed by atoms with Crippen molar-refractivity contribution < 1.29 is 4.79 Å². The van der Waals surface area contributed by atoms with Crippen LogP contribution in [0.2, 0.25) is 0 Å². The Morgan fingerprint density at radius 1 is 1.30 bits per heavy atom. The van der Waals surface area contributed by atoms with Gasteiger partial charge in [-0.15, -0.1) is 0 Å². The van der Waals surface area contributed by atoms with Crippen molar-refractivity contribution in [3.05, 3.63) is 58.6 Å². The van der Waals surface area contributed by atoms with E-state index in [1.165, 1.54) is 10.8 Å². The number of rotatable bonds is 2. The molecule has 0 fully saturated rings. The average molecular weight is 268 g/mol. The molecule has 2 N–H and O–H groups in total. The zero-order chi connectivity index (χ0) is 14.1. The van der Waals surface area contributed by atoms with Crippen molar-refractivity contribution in [1.82, 2.24) is 14.5 Å². The lowest BCUT2D eigenvalue weighted by atomic mass is 10.2. The van der Waals surface area contributed by atoms with Crippen LogP contribution >= 0.6 is 0 Å². The Bertz CT molecular complexity index is 833. The summed E-state index contributed by atoms with van der Waals surface area (Å²) >= 11 is 0. The van der Waals surface area contributed by atoms with E-state index < -0.39 is 0 Å². The highest BCUT2D eigenvalue weighted by Gasteiger charge is 2.10. The Morgan fingerprint density at radius 3 is 2.80 bits per heavy atom. The fourth-order valence-electron chi connectivity index (χ4n) is 1.95. The Kier molecular flexibility index (Phi) is 2.83. The number of aryl methyl sites for hydroxylation is 1. The van der Waals surface area contributed by atoms with Crippen molar-refractivity contribution in [2.75, 3.05) is 5.32 Å². The van der Waals surface area contributed by atoms with Crippen LogP contribution in [0.1, 0.15) is 10.4 Å². The molecule has 0 atom stereocenters. The first kappa shape index (κ1) is 12.2. The maximum absolute atomic E-state index is 12.1. The van der Waals surface area contributed by atoms with Gasteiger partial charge in [-0.25, -0.2) is 9.78 Å². The van der Waals surface area contributed by atoms with Crippen LogP contribution in [0.4, 0.5) is 5.69 Å². The van der Waals surface area contributed by atoms with Crippen LogP contribution in [-0.2, 0) is 7.05 Å². The molecule has 3 aromatic rings. The summed E-state index contributed by atoms with van der Waals surface area (Å²) in [6, 6.07) is 10.8. The van der Waals surface area contributed by atoms with Gasteiger partial charge in [-0.05, 0) is 18.2 Å². The number of carbonyl (C=O) groups excluding carboxylic acids is 1. The Hall–Kier alpha value is -2.89. The number of benzene rings is 1. The lowest BCUT2D eigenvalue weighted by Gasteiger charge is -2.04. The van der Waals surface area contributed by atoms with Crippen molar-refractivity contribution in [3.63, 3.8) is 0 Å². The van der Waals surface area contributed by atoms with Crippen LogP contribution < -0.4 is 11.0 Å². The maximum Gasteiger partial charge on any atom is 0.327 e. The number of imidazole rings is 1. The largest absolute Gasteiger partial charge is 0.327 e. The van der Waals surface area contributed by atoms with Crippen molar-refractivity contribution in [3.8, 4) is 0 Å². The molecule has 20 heavy (non-hydrogen) atoms. The number of hydrogen-bond donors (Lipinski definition) is 2. The molecule has 2 heterocycles. The second-order valence-electron chi connectivity index (χ2n) is 4.40. The number of para-hydroxylation sites is 1. The lowest BCUT2D eigenvalue weighted by molar-refractivity contribution is 0.102. The minimum absolute atomic E-state index is 0.256. The van der Waals surface area contributed by atoms with Gasteiger partial charge in [0.15, 0.2) is 5.65 Å². The Balaban J connectivity index is 1.96. The van der Waals surface area contributed by atoms with Crippen molar-refractivity contribution in [2.45, 2.75) is 0 Å². The van der Waals surface area contributed by atoms with Gasteiger partial charge in [0, 0.05) is 18.9 Å². The molecule has 0 spiro atoms. The molecule has 0 unspecified atom stereocenters. The molecule has 0 radical (unpaired) electrons. The number of H-pyrrole nitrogens is 1. The number of hydrogen-bond acceptors (Lipinski definition) is 3. The summed E-state index contributed by atoms with van der Waals surface area (Å²) in [6.45, 7) is 0. The molecule has 6 heteroatoms. The molecule has 0 saturated carbocycles. The van der Waals surface area contributed by atoms with E-state index in [9.17, 15) is 9.59 Å². The molecule has 1 aromatic carbocycles. The smallest absolute Gasteiger partial charge is 0.322 e. The molecule has 0 bridgehead atoms. The summed E-state index contributed by atoms with van der Waals surface area (Å²) < 4.78 is 1.42. The van der Waals surface area contributed by atoms with Gasteiger partial charge in [-0.2, -0.15) is 0 Å². The Morgan fingerprint density at radius 2 is 2.05 bits per heavy atom. The van der Waals surface area contributed by atoms with E-state index >= 15 is 0 Å². The SMILES string of the molecule is Cn1c(=O)[nH]c2ncc(C(=O)Nc3ccccc3)cc21. The number of carbonyl (C=O) groups is 1. The van der Waals surface area contributed by atoms with E-state index in [0.29, 0.717) is 22.4 Å². The third kappa shape index (κ3) is 2.07. The van der Waals surface area contributed by atoms with Crippen LogP contribution in [0.25, 0.3) is 11.2 Å². The molecule has 1 amide bonds. The van der Waals surface area contributed by atoms with E-state index in [4.69, 9.17) is 0 Å². The summed E-state index contributed by atoms with van der Waals surface area (Å²) in [5.41, 5.74) is 1.91. The first-order valence-electron chi connectivity index (χ1n) is 6.06. The summed E-state index contributed by atoms with van der Waals surface area (Å²) in [5, 5.41) is 2.77. The molecule has 100 valence electrons. The van der Waals surface area contributed by atoms with Crippen LogP contribution in [0.3, 0.4) is 0 Å². The molecule has 0 saturated heterocycles. The molecule has 0 aliphatic heterocycles. The van der Waals surface area contributed by atoms with Crippen molar-refractivity contribution in [2.24, 2.45) is 7.05 Å². The van der Waals surface area contributed by atoms with E-state index in [1.807, 2.05) is 18.2 Å². The molecule has 2 aromatic heterocycles. The minimum atomic E-state index is -0.265. The quantitative estimate of drug-likeness (QED) is 0.739. The van der Waals surface area contributed by atoms with Gasteiger partial charge in [-0.3, -0.25) is 14.3 Å². The first-order valence-corrected chi connectivity index (χ1v) is 6.06. The minimum Gasteiger partial charge on any atom is -0.322 e. The summed E-state index contributed by atoms with van der Waals surface area (Å²) in [7, 11) is 1.63. The van der Waals surface area contributed by atoms with Crippen LogP contribution in [0.5, 0.6) is 0 Å². The van der Waals surface area contributed by atoms with Gasteiger partial charge < -0.3 is 5.32 Å². The molecule has 0 aliphatic rings. The molecular formula is C14H12N4O2. The summed E-state index contributed by atoms with van der Waals surface area (Å²) in [5.74, 6) is -0.265. The third-order valence-electron chi connectivity index (χ3n) is 3.05. The number of amides is 1. The number of aromatic amines is 1. The van der Waals surface area contributed by atoms with E-state index in [-0.39, 0.29) is 11.6 Å². The normalized spacial score (nSPS) is 10.7. The van der Waals surface area contributed by atoms with E-state index in [1.54, 1.807) is 25.2 Å². The highest BCUT2D eigenvalue weighted by atomic mass is 16.2. The zero-order valence-electron chi connectivity index (χ0n) is 10.8. The highest BCUT2D eigenvalue weighted by molar-refractivity contribution is 6.05. The third-order valence-corrected chi connectivity index (χ3v) is 3.05. The molecular weight excluding hydrogens is 256 g/mol. The maximum atomic E-state index is 12.1. The monoisotopic (exact) mass is 268 g/mol. The standard InChI is InChI=1S/C14H12N4O2/c1-18-11-7-9(8-15-12(11)17-14(18)20)13(19)16-10-5-3-2-4-6-10/h2-8H,1H3,(H,16,19)(H,15,17,20). The van der Waals surface area contributed by atoms with E-state index in [2.05, 4.69) is 15.3 Å². The van der Waals surface area contributed by atoms with Gasteiger partial charge >= 0.3 is 5.69 Å². The van der Waals surface area contributed by atoms with Gasteiger partial charge in [0.1, 0.15) is 0 Å². The number of aromatic nitrogens is 3. The number of fused-ring (bicyclic) bond motifs is 1. The Labute approximate surface area is 114 Å². The van der Waals surface area contributed by atoms with Crippen LogP contribution in [0.15, 0.2) is 47.4 Å². The fourth-order valence-corrected chi connectivity index (χ4v) is 1.95. The molecule has 6 nitrogen and oxygen atoms in total. The van der Waals surface area contributed by atoms with Crippen LogP contribution in [0, 0.1) is 0 Å².